The number of methoxy groups -OCH3 is 1. The van der Waals surface area contributed by atoms with Crippen LogP contribution in [0.2, 0.25) is 43.8 Å². The summed E-state index contributed by atoms with van der Waals surface area (Å²) in [4.78, 5) is 13.8. The number of Topliss-reactive ketones (excluding diaryl/α,β-unsaturated/α-hetero) is 1. The molecule has 7 heteroatoms. The third-order valence-corrected chi connectivity index (χ3v) is 14.4. The van der Waals surface area contributed by atoms with E-state index < -0.39 is 22.0 Å². The van der Waals surface area contributed by atoms with Crippen molar-refractivity contribution in [1.29, 1.82) is 0 Å². The van der Waals surface area contributed by atoms with E-state index in [1.54, 1.807) is 7.11 Å². The Balaban J connectivity index is 1.86. The van der Waals surface area contributed by atoms with Crippen LogP contribution in [0.1, 0.15) is 62.5 Å². The number of nitrogens with zero attached hydrogens (tertiary/aromatic N) is 1. The lowest BCUT2D eigenvalue weighted by molar-refractivity contribution is -0.0781. The van der Waals surface area contributed by atoms with Crippen LogP contribution in [0.25, 0.3) is 0 Å². The largest absolute Gasteiger partial charge is 0.414 e. The fraction of sp³-hybridized carbons (Fsp3) is 0.800. The molecule has 1 heterocycles. The van der Waals surface area contributed by atoms with Crippen molar-refractivity contribution < 1.29 is 18.7 Å². The molecule has 0 aliphatic heterocycles. The topological polar surface area (TPSA) is 49.7 Å². The molecule has 0 unspecified atom stereocenters. The highest BCUT2D eigenvalue weighted by atomic mass is 28.4. The van der Waals surface area contributed by atoms with Gasteiger partial charge in [0.2, 0.25) is 5.78 Å². The van der Waals surface area contributed by atoms with Crippen molar-refractivity contribution in [1.82, 2.24) is 4.57 Å². The van der Waals surface area contributed by atoms with Crippen LogP contribution in [0.5, 0.6) is 0 Å². The summed E-state index contributed by atoms with van der Waals surface area (Å²) in [5.74, 6) is 0.693. The zero-order valence-electron chi connectivity index (χ0n) is 22.0. The maximum atomic E-state index is 13.8. The zero-order chi connectivity index (χ0) is 24.1. The summed E-state index contributed by atoms with van der Waals surface area (Å²) >= 11 is 0. The number of hydrogen-bond acceptors (Lipinski definition) is 4. The zero-order valence-corrected chi connectivity index (χ0v) is 24.0. The summed E-state index contributed by atoms with van der Waals surface area (Å²) in [6, 6.07) is 3.25. The third-order valence-electron chi connectivity index (χ3n) is 8.19. The SMILES string of the molecule is CO[C@]12C[C@H](c3ccn(COCC[Si](C)(C)C)c3C1=O)[C@@H](C)[C@H](O[Si](C)(C)C(C)(C)C)C2. The van der Waals surface area contributed by atoms with E-state index in [-0.39, 0.29) is 22.8 Å². The Kier molecular flexibility index (Phi) is 7.12. The minimum absolute atomic E-state index is 0.0306. The Hall–Kier alpha value is -0.736. The van der Waals surface area contributed by atoms with E-state index in [1.165, 1.54) is 0 Å². The molecule has 0 N–H and O–H groups in total. The number of ketones is 1. The van der Waals surface area contributed by atoms with Gasteiger partial charge in [0, 0.05) is 34.4 Å². The van der Waals surface area contributed by atoms with Gasteiger partial charge in [0.1, 0.15) is 12.3 Å². The molecule has 2 bridgehead atoms. The first kappa shape index (κ1) is 25.9. The van der Waals surface area contributed by atoms with Crippen molar-refractivity contribution in [3.05, 3.63) is 23.5 Å². The number of carbonyl (C=O) groups excluding carboxylic acids is 1. The Bertz CT molecular complexity index is 836. The van der Waals surface area contributed by atoms with Gasteiger partial charge in [-0.25, -0.2) is 0 Å². The Morgan fingerprint density at radius 2 is 1.81 bits per heavy atom. The molecule has 5 nitrogen and oxygen atoms in total. The highest BCUT2D eigenvalue weighted by Gasteiger charge is 2.57. The summed E-state index contributed by atoms with van der Waals surface area (Å²) in [5, 5.41) is 0.130. The van der Waals surface area contributed by atoms with E-state index in [1.807, 2.05) is 10.8 Å². The van der Waals surface area contributed by atoms with Crippen molar-refractivity contribution in [2.75, 3.05) is 13.7 Å². The highest BCUT2D eigenvalue weighted by molar-refractivity contribution is 6.76. The summed E-state index contributed by atoms with van der Waals surface area (Å²) < 4.78 is 20.9. The quantitative estimate of drug-likeness (QED) is 0.325. The van der Waals surface area contributed by atoms with Crippen molar-refractivity contribution in [3.8, 4) is 0 Å². The van der Waals surface area contributed by atoms with Crippen LogP contribution >= 0.6 is 0 Å². The molecule has 1 aromatic rings. The monoisotopic (exact) mass is 479 g/mol. The third kappa shape index (κ3) is 4.87. The normalized spacial score (nSPS) is 28.7. The van der Waals surface area contributed by atoms with E-state index in [2.05, 4.69) is 66.5 Å². The predicted molar refractivity (Wildman–Crippen MR) is 136 cm³/mol. The van der Waals surface area contributed by atoms with E-state index in [0.29, 0.717) is 19.1 Å². The fourth-order valence-electron chi connectivity index (χ4n) is 4.85. The molecule has 2 aliphatic carbocycles. The molecule has 0 radical (unpaired) electrons. The van der Waals surface area contributed by atoms with Crippen LogP contribution in [0.4, 0.5) is 0 Å². The lowest BCUT2D eigenvalue weighted by Gasteiger charge is -2.52. The van der Waals surface area contributed by atoms with E-state index >= 15 is 0 Å². The number of carbonyl (C=O) groups is 1. The molecule has 1 fully saturated rings. The van der Waals surface area contributed by atoms with Crippen LogP contribution in [-0.4, -0.2) is 52.2 Å². The molecule has 0 spiro atoms. The number of aromatic nitrogens is 1. The second kappa shape index (κ2) is 8.80. The van der Waals surface area contributed by atoms with Crippen molar-refractivity contribution in [2.24, 2.45) is 5.92 Å². The van der Waals surface area contributed by atoms with Crippen molar-refractivity contribution in [2.45, 2.75) is 109 Å². The summed E-state index contributed by atoms with van der Waals surface area (Å²) in [5.41, 5.74) is 1.13. The average Bonchev–Trinajstić information content (AvgIpc) is 3.08. The Labute approximate surface area is 197 Å². The molecule has 3 rings (SSSR count). The summed E-state index contributed by atoms with van der Waals surface area (Å²) in [6.45, 7) is 21.9. The molecular formula is C25H45NO4Si2. The molecule has 0 aromatic carbocycles. The number of hydrogen-bond donors (Lipinski definition) is 0. The molecule has 1 saturated carbocycles. The molecule has 32 heavy (non-hydrogen) atoms. The first-order valence-electron chi connectivity index (χ1n) is 12.2. The first-order chi connectivity index (χ1) is 14.6. The van der Waals surface area contributed by atoms with Gasteiger partial charge in [0.15, 0.2) is 8.32 Å². The standard InChI is InChI=1S/C25H45NO4Si2/c1-18-20-15-25(28-5,16-21(18)30-32(9,10)24(2,3)4)23(27)22-19(20)11-12-26(22)17-29-13-14-31(6,7)8/h11-12,18,20-21H,13-17H2,1-10H3/t18-,20+,21-,25+/m1/s1. The van der Waals surface area contributed by atoms with Crippen LogP contribution < -0.4 is 0 Å². The molecule has 0 saturated heterocycles. The average molecular weight is 480 g/mol. The predicted octanol–water partition coefficient (Wildman–Crippen LogP) is 6.29. The van der Waals surface area contributed by atoms with Gasteiger partial charge in [-0.3, -0.25) is 4.79 Å². The van der Waals surface area contributed by atoms with Gasteiger partial charge < -0.3 is 18.5 Å². The first-order valence-corrected chi connectivity index (χ1v) is 18.8. The number of rotatable bonds is 8. The van der Waals surface area contributed by atoms with E-state index in [9.17, 15) is 4.79 Å². The van der Waals surface area contributed by atoms with Crippen LogP contribution in [-0.2, 0) is 20.6 Å². The lowest BCUT2D eigenvalue weighted by atomic mass is 9.62. The summed E-state index contributed by atoms with van der Waals surface area (Å²) in [7, 11) is -1.41. The molecule has 1 aromatic heterocycles. The number of ether oxygens (including phenoxy) is 2. The fourth-order valence-corrected chi connectivity index (χ4v) is 7.02. The van der Waals surface area contributed by atoms with Gasteiger partial charge in [-0.1, -0.05) is 47.3 Å². The lowest BCUT2D eigenvalue weighted by Crippen LogP contribution is -2.58. The maximum Gasteiger partial charge on any atom is 0.211 e. The minimum atomic E-state index is -1.96. The van der Waals surface area contributed by atoms with Gasteiger partial charge in [-0.2, -0.15) is 0 Å². The minimum Gasteiger partial charge on any atom is -0.414 e. The molecule has 4 atom stereocenters. The highest BCUT2D eigenvalue weighted by Crippen LogP contribution is 2.53. The van der Waals surface area contributed by atoms with Gasteiger partial charge in [0.05, 0.1) is 11.8 Å². The molecular weight excluding hydrogens is 434 g/mol. The van der Waals surface area contributed by atoms with E-state index in [0.717, 1.165) is 30.3 Å². The van der Waals surface area contributed by atoms with Gasteiger partial charge in [-0.05, 0) is 54.1 Å². The van der Waals surface area contributed by atoms with Gasteiger partial charge in [-0.15, -0.1) is 0 Å². The summed E-state index contributed by atoms with van der Waals surface area (Å²) in [6.07, 6.45) is 3.43. The Morgan fingerprint density at radius 3 is 2.38 bits per heavy atom. The Morgan fingerprint density at radius 1 is 1.16 bits per heavy atom. The van der Waals surface area contributed by atoms with Crippen LogP contribution in [0.3, 0.4) is 0 Å². The van der Waals surface area contributed by atoms with Crippen molar-refractivity contribution >= 4 is 22.2 Å². The van der Waals surface area contributed by atoms with Gasteiger partial charge >= 0.3 is 0 Å². The number of fused-ring (bicyclic) bond motifs is 4. The molecule has 182 valence electrons. The van der Waals surface area contributed by atoms with Crippen LogP contribution in [0.15, 0.2) is 12.3 Å². The van der Waals surface area contributed by atoms with E-state index in [4.69, 9.17) is 13.9 Å². The second-order valence-electron chi connectivity index (χ2n) is 12.8. The second-order valence-corrected chi connectivity index (χ2v) is 23.1. The van der Waals surface area contributed by atoms with Crippen LogP contribution in [0, 0.1) is 5.92 Å². The molecule has 0 amide bonds. The smallest absolute Gasteiger partial charge is 0.211 e. The van der Waals surface area contributed by atoms with Crippen molar-refractivity contribution in [3.63, 3.8) is 0 Å². The maximum absolute atomic E-state index is 13.8. The van der Waals surface area contributed by atoms with Gasteiger partial charge in [0.25, 0.3) is 0 Å². The molecule has 2 aliphatic rings.